The molecule has 1 aliphatic heterocycles. The number of H-pyrrole nitrogens is 1. The van der Waals surface area contributed by atoms with Gasteiger partial charge in [0, 0.05) is 37.5 Å². The second kappa shape index (κ2) is 9.34. The number of likely N-dealkylation sites (tertiary alicyclic amines) is 1. The molecule has 158 valence electrons. The van der Waals surface area contributed by atoms with Gasteiger partial charge in [-0.1, -0.05) is 0 Å². The average Bonchev–Trinajstić information content (AvgIpc) is 3.29. The summed E-state index contributed by atoms with van der Waals surface area (Å²) in [5.74, 6) is -0.530. The molecule has 0 bridgehead atoms. The van der Waals surface area contributed by atoms with Crippen molar-refractivity contribution in [3.8, 4) is 0 Å². The van der Waals surface area contributed by atoms with Gasteiger partial charge in [0.2, 0.25) is 11.8 Å². The van der Waals surface area contributed by atoms with Crippen LogP contribution >= 0.6 is 0 Å². The molecule has 3 rings (SSSR count). The standard InChI is InChI=1S/C20H29N5O4/c1-12(29-3)18(24-17(27)10-21-2)20(28)25-11-15(26)8-14(25)7-13-9-23-19-16(13)5-4-6-22-19/h4-6,9,12,14-15,18,21,26H,7-8,10-11H2,1-3H3,(H,22,23)(H,24,27). The van der Waals surface area contributed by atoms with E-state index in [4.69, 9.17) is 4.74 Å². The van der Waals surface area contributed by atoms with Crippen LogP contribution in [0.25, 0.3) is 11.0 Å². The minimum Gasteiger partial charge on any atom is -0.391 e. The molecule has 9 nitrogen and oxygen atoms in total. The van der Waals surface area contributed by atoms with Crippen LogP contribution in [0.2, 0.25) is 0 Å². The van der Waals surface area contributed by atoms with Crippen molar-refractivity contribution in [2.75, 3.05) is 27.2 Å². The third-order valence-electron chi connectivity index (χ3n) is 5.43. The summed E-state index contributed by atoms with van der Waals surface area (Å²) in [5.41, 5.74) is 1.84. The average molecular weight is 403 g/mol. The van der Waals surface area contributed by atoms with E-state index in [-0.39, 0.29) is 30.9 Å². The van der Waals surface area contributed by atoms with E-state index in [0.717, 1.165) is 16.6 Å². The van der Waals surface area contributed by atoms with Crippen LogP contribution in [0.5, 0.6) is 0 Å². The lowest BCUT2D eigenvalue weighted by Crippen LogP contribution is -2.56. The highest BCUT2D eigenvalue weighted by Gasteiger charge is 2.39. The highest BCUT2D eigenvalue weighted by molar-refractivity contribution is 5.89. The highest BCUT2D eigenvalue weighted by atomic mass is 16.5. The summed E-state index contributed by atoms with van der Waals surface area (Å²) >= 11 is 0. The predicted molar refractivity (Wildman–Crippen MR) is 108 cm³/mol. The monoisotopic (exact) mass is 403 g/mol. The second-order valence-corrected chi connectivity index (χ2v) is 7.47. The zero-order valence-corrected chi connectivity index (χ0v) is 17.0. The molecular weight excluding hydrogens is 374 g/mol. The van der Waals surface area contributed by atoms with E-state index in [2.05, 4.69) is 20.6 Å². The first-order valence-electron chi connectivity index (χ1n) is 9.80. The molecule has 1 fully saturated rings. The highest BCUT2D eigenvalue weighted by Crippen LogP contribution is 2.26. The van der Waals surface area contributed by atoms with Gasteiger partial charge < -0.3 is 30.4 Å². The molecule has 4 unspecified atom stereocenters. The molecule has 0 aromatic carbocycles. The van der Waals surface area contributed by atoms with Crippen molar-refractivity contribution < 1.29 is 19.4 Å². The Bertz CT molecular complexity index is 854. The van der Waals surface area contributed by atoms with Gasteiger partial charge in [-0.2, -0.15) is 0 Å². The van der Waals surface area contributed by atoms with Crippen molar-refractivity contribution in [2.45, 2.75) is 44.1 Å². The molecule has 3 heterocycles. The zero-order valence-electron chi connectivity index (χ0n) is 17.0. The minimum absolute atomic E-state index is 0.106. The second-order valence-electron chi connectivity index (χ2n) is 7.47. The zero-order chi connectivity index (χ0) is 21.0. The van der Waals surface area contributed by atoms with Gasteiger partial charge in [-0.05, 0) is 44.5 Å². The van der Waals surface area contributed by atoms with Gasteiger partial charge in [0.05, 0.1) is 18.8 Å². The predicted octanol–water partition coefficient (Wildman–Crippen LogP) is -0.194. The van der Waals surface area contributed by atoms with Gasteiger partial charge in [-0.25, -0.2) is 4.98 Å². The van der Waals surface area contributed by atoms with Crippen LogP contribution in [0.3, 0.4) is 0 Å². The van der Waals surface area contributed by atoms with Crippen molar-refractivity contribution in [1.82, 2.24) is 25.5 Å². The first-order valence-corrected chi connectivity index (χ1v) is 9.80. The number of hydrogen-bond acceptors (Lipinski definition) is 6. The maximum absolute atomic E-state index is 13.3. The summed E-state index contributed by atoms with van der Waals surface area (Å²) in [6.45, 7) is 2.09. The van der Waals surface area contributed by atoms with Gasteiger partial charge >= 0.3 is 0 Å². The Morgan fingerprint density at radius 2 is 2.28 bits per heavy atom. The molecule has 4 N–H and O–H groups in total. The molecular formula is C20H29N5O4. The lowest BCUT2D eigenvalue weighted by atomic mass is 10.0. The van der Waals surface area contributed by atoms with Gasteiger partial charge in [-0.3, -0.25) is 9.59 Å². The number of β-amino-alcohol motifs (C(OH)–C–C–N with tert-alkyl or cyclic N) is 1. The molecule has 2 amide bonds. The van der Waals surface area contributed by atoms with Crippen molar-refractivity contribution in [3.63, 3.8) is 0 Å². The number of hydrogen-bond donors (Lipinski definition) is 4. The van der Waals surface area contributed by atoms with Crippen LogP contribution in [0, 0.1) is 0 Å². The van der Waals surface area contributed by atoms with Gasteiger partial charge in [0.25, 0.3) is 0 Å². The number of nitrogens with zero attached hydrogens (tertiary/aromatic N) is 2. The number of fused-ring (bicyclic) bond motifs is 1. The number of methoxy groups -OCH3 is 1. The van der Waals surface area contributed by atoms with Gasteiger partial charge in [-0.15, -0.1) is 0 Å². The summed E-state index contributed by atoms with van der Waals surface area (Å²) < 4.78 is 5.34. The lowest BCUT2D eigenvalue weighted by molar-refractivity contribution is -0.140. The number of nitrogens with one attached hydrogen (secondary N) is 3. The van der Waals surface area contributed by atoms with Crippen LogP contribution in [0.4, 0.5) is 0 Å². The summed E-state index contributed by atoms with van der Waals surface area (Å²) in [5, 5.41) is 16.8. The van der Waals surface area contributed by atoms with Crippen molar-refractivity contribution in [3.05, 3.63) is 30.1 Å². The topological polar surface area (TPSA) is 120 Å². The number of amides is 2. The van der Waals surface area contributed by atoms with Crippen LogP contribution < -0.4 is 10.6 Å². The Balaban J connectivity index is 1.79. The molecule has 1 saturated heterocycles. The van der Waals surface area contributed by atoms with Crippen molar-refractivity contribution in [1.29, 1.82) is 0 Å². The van der Waals surface area contributed by atoms with Gasteiger partial charge in [0.1, 0.15) is 11.7 Å². The Kier molecular flexibility index (Phi) is 6.83. The maximum atomic E-state index is 13.3. The van der Waals surface area contributed by atoms with Crippen LogP contribution in [-0.4, -0.2) is 83.3 Å². The number of aromatic nitrogens is 2. The van der Waals surface area contributed by atoms with E-state index < -0.39 is 18.2 Å². The number of carbonyl (C=O) groups excluding carboxylic acids is 2. The molecule has 0 radical (unpaired) electrons. The fourth-order valence-corrected chi connectivity index (χ4v) is 3.87. The Morgan fingerprint density at radius 1 is 1.48 bits per heavy atom. The van der Waals surface area contributed by atoms with E-state index in [9.17, 15) is 14.7 Å². The number of pyridine rings is 1. The van der Waals surface area contributed by atoms with Crippen molar-refractivity contribution in [2.24, 2.45) is 0 Å². The van der Waals surface area contributed by atoms with Gasteiger partial charge in [0.15, 0.2) is 0 Å². The summed E-state index contributed by atoms with van der Waals surface area (Å²) in [6.07, 6.45) is 3.60. The van der Waals surface area contributed by atoms with E-state index in [1.54, 1.807) is 25.1 Å². The number of carbonyl (C=O) groups is 2. The lowest BCUT2D eigenvalue weighted by Gasteiger charge is -2.31. The van der Waals surface area contributed by atoms with Crippen LogP contribution in [-0.2, 0) is 20.7 Å². The normalized spacial score (nSPS) is 21.3. The summed E-state index contributed by atoms with van der Waals surface area (Å²) in [6, 6.07) is 2.86. The van der Waals surface area contributed by atoms with Crippen molar-refractivity contribution >= 4 is 22.8 Å². The molecule has 0 saturated carbocycles. The number of rotatable bonds is 8. The molecule has 1 aliphatic rings. The molecule has 2 aromatic rings. The smallest absolute Gasteiger partial charge is 0.248 e. The third-order valence-corrected chi connectivity index (χ3v) is 5.43. The SMILES string of the molecule is CNCC(=O)NC(C(=O)N1CC(O)CC1Cc1c[nH]c2ncccc12)C(C)OC. The quantitative estimate of drug-likeness (QED) is 0.485. The molecule has 9 heteroatoms. The summed E-state index contributed by atoms with van der Waals surface area (Å²) in [4.78, 5) is 34.5. The Morgan fingerprint density at radius 3 is 3.00 bits per heavy atom. The number of aliphatic hydroxyl groups excluding tert-OH is 1. The maximum Gasteiger partial charge on any atom is 0.248 e. The van der Waals surface area contributed by atoms with E-state index in [0.29, 0.717) is 12.8 Å². The number of aliphatic hydroxyl groups is 1. The molecule has 29 heavy (non-hydrogen) atoms. The Labute approximate surface area is 169 Å². The largest absolute Gasteiger partial charge is 0.391 e. The molecule has 0 aliphatic carbocycles. The molecule has 2 aromatic heterocycles. The fraction of sp³-hybridized carbons (Fsp3) is 0.550. The van der Waals surface area contributed by atoms with E-state index in [1.807, 2.05) is 18.3 Å². The van der Waals surface area contributed by atoms with E-state index in [1.165, 1.54) is 7.11 Å². The number of likely N-dealkylation sites (N-methyl/N-ethyl adjacent to an activating group) is 1. The summed E-state index contributed by atoms with van der Waals surface area (Å²) in [7, 11) is 3.17. The Hall–Kier alpha value is -2.49. The first kappa shape index (κ1) is 21.2. The van der Waals surface area contributed by atoms with Crippen LogP contribution in [0.1, 0.15) is 18.9 Å². The minimum atomic E-state index is -0.821. The number of aromatic amines is 1. The number of ether oxygens (including phenoxy) is 1. The molecule has 0 spiro atoms. The third kappa shape index (κ3) is 4.75. The van der Waals surface area contributed by atoms with Crippen LogP contribution in [0.15, 0.2) is 24.5 Å². The molecule has 4 atom stereocenters. The first-order chi connectivity index (χ1) is 13.9. The van der Waals surface area contributed by atoms with E-state index >= 15 is 0 Å². The fourth-order valence-electron chi connectivity index (χ4n) is 3.87.